The molecule has 2 aliphatic heterocycles. The van der Waals surface area contributed by atoms with Crippen molar-refractivity contribution in [2.24, 2.45) is 5.92 Å². The Hall–Kier alpha value is -0.700. The average Bonchev–Trinajstić information content (AvgIpc) is 3.09. The van der Waals surface area contributed by atoms with Gasteiger partial charge in [-0.25, -0.2) is 8.42 Å². The molecule has 0 bridgehead atoms. The maximum absolute atomic E-state index is 12.3. The summed E-state index contributed by atoms with van der Waals surface area (Å²) in [4.78, 5) is 14.1. The molecule has 1 saturated carbocycles. The summed E-state index contributed by atoms with van der Waals surface area (Å²) in [5.41, 5.74) is 0. The highest BCUT2D eigenvalue weighted by molar-refractivity contribution is 7.88. The Morgan fingerprint density at radius 3 is 2.65 bits per heavy atom. The van der Waals surface area contributed by atoms with Crippen LogP contribution in [0.4, 0.5) is 0 Å². The van der Waals surface area contributed by atoms with Crippen molar-refractivity contribution in [2.45, 2.75) is 37.9 Å². The van der Waals surface area contributed by atoms with Crippen LogP contribution in [-0.4, -0.2) is 81.4 Å². The van der Waals surface area contributed by atoms with Crippen molar-refractivity contribution >= 4 is 15.9 Å². The third-order valence-corrected chi connectivity index (χ3v) is 6.33. The van der Waals surface area contributed by atoms with Gasteiger partial charge in [0.25, 0.3) is 0 Å². The molecule has 0 spiro atoms. The minimum absolute atomic E-state index is 0.0144. The lowest BCUT2D eigenvalue weighted by atomic mass is 10.1. The summed E-state index contributed by atoms with van der Waals surface area (Å²) >= 11 is 0. The zero-order chi connectivity index (χ0) is 16.4. The summed E-state index contributed by atoms with van der Waals surface area (Å²) in [6.07, 6.45) is 5.83. The lowest BCUT2D eigenvalue weighted by Gasteiger charge is -2.21. The van der Waals surface area contributed by atoms with E-state index in [1.165, 1.54) is 23.4 Å². The van der Waals surface area contributed by atoms with Gasteiger partial charge in [0, 0.05) is 32.1 Å². The predicted octanol–water partition coefficient (Wildman–Crippen LogP) is 0.0644. The van der Waals surface area contributed by atoms with Crippen molar-refractivity contribution in [2.75, 3.05) is 45.6 Å². The first-order chi connectivity index (χ1) is 10.9. The molecule has 132 valence electrons. The minimum Gasteiger partial charge on any atom is -0.375 e. The fraction of sp³-hybridized carbons (Fsp3) is 0.933. The molecule has 7 nitrogen and oxygen atoms in total. The number of ether oxygens (including phenoxy) is 2. The topological polar surface area (TPSA) is 76.2 Å². The van der Waals surface area contributed by atoms with E-state index in [-0.39, 0.29) is 30.6 Å². The molecule has 2 saturated heterocycles. The lowest BCUT2D eigenvalue weighted by molar-refractivity contribution is -0.137. The normalized spacial score (nSPS) is 30.4. The van der Waals surface area contributed by atoms with E-state index in [0.29, 0.717) is 32.8 Å². The molecule has 0 aromatic rings. The van der Waals surface area contributed by atoms with E-state index < -0.39 is 10.0 Å². The summed E-state index contributed by atoms with van der Waals surface area (Å²) < 4.78 is 36.4. The maximum Gasteiger partial charge on any atom is 0.248 e. The van der Waals surface area contributed by atoms with Gasteiger partial charge in [0.2, 0.25) is 15.9 Å². The quantitative estimate of drug-likeness (QED) is 0.720. The van der Waals surface area contributed by atoms with Crippen LogP contribution in [-0.2, 0) is 24.3 Å². The van der Waals surface area contributed by atoms with Gasteiger partial charge in [-0.1, -0.05) is 12.8 Å². The first kappa shape index (κ1) is 17.1. The number of nitrogens with zero attached hydrogens (tertiary/aromatic N) is 2. The van der Waals surface area contributed by atoms with Crippen LogP contribution < -0.4 is 0 Å². The molecule has 3 aliphatic rings. The molecule has 0 N–H and O–H groups in total. The molecule has 23 heavy (non-hydrogen) atoms. The summed E-state index contributed by atoms with van der Waals surface area (Å²) in [5.74, 6) is 0.0298. The van der Waals surface area contributed by atoms with Crippen molar-refractivity contribution in [3.05, 3.63) is 0 Å². The molecule has 1 amide bonds. The fourth-order valence-electron chi connectivity index (χ4n) is 3.70. The van der Waals surface area contributed by atoms with Crippen LogP contribution in [0.2, 0.25) is 0 Å². The molecule has 3 fully saturated rings. The Morgan fingerprint density at radius 1 is 1.22 bits per heavy atom. The van der Waals surface area contributed by atoms with Gasteiger partial charge in [-0.15, -0.1) is 0 Å². The Morgan fingerprint density at radius 2 is 1.96 bits per heavy atom. The third-order valence-electron chi connectivity index (χ3n) is 5.06. The van der Waals surface area contributed by atoms with Gasteiger partial charge in [-0.2, -0.15) is 4.31 Å². The number of likely N-dealkylation sites (tertiary alicyclic amines) is 1. The lowest BCUT2D eigenvalue weighted by Crippen LogP contribution is -2.38. The van der Waals surface area contributed by atoms with Crippen LogP contribution in [0, 0.1) is 5.92 Å². The van der Waals surface area contributed by atoms with Gasteiger partial charge in [-0.05, 0) is 12.8 Å². The fourth-order valence-corrected chi connectivity index (χ4v) is 4.57. The second-order valence-electron chi connectivity index (χ2n) is 6.81. The molecule has 2 atom stereocenters. The number of hydrogen-bond donors (Lipinski definition) is 0. The summed E-state index contributed by atoms with van der Waals surface area (Å²) in [6, 6.07) is 0. The Bertz CT molecular complexity index is 532. The molecule has 8 heteroatoms. The SMILES string of the molecule is CS(=O)(=O)N1CCO[C@@H]2CN(C(=O)COC3CCCC3)C[C@@H]2C1. The van der Waals surface area contributed by atoms with E-state index in [1.807, 2.05) is 0 Å². The van der Waals surface area contributed by atoms with Crippen LogP contribution in [0.15, 0.2) is 0 Å². The zero-order valence-electron chi connectivity index (χ0n) is 13.6. The van der Waals surface area contributed by atoms with E-state index in [2.05, 4.69) is 0 Å². The Balaban J connectivity index is 1.53. The molecular formula is C15H26N2O5S. The molecule has 2 heterocycles. The highest BCUT2D eigenvalue weighted by Gasteiger charge is 2.40. The molecule has 0 unspecified atom stereocenters. The largest absolute Gasteiger partial charge is 0.375 e. The zero-order valence-corrected chi connectivity index (χ0v) is 14.5. The Labute approximate surface area is 138 Å². The van der Waals surface area contributed by atoms with E-state index in [9.17, 15) is 13.2 Å². The molecule has 1 aliphatic carbocycles. The highest BCUT2D eigenvalue weighted by Crippen LogP contribution is 2.25. The smallest absolute Gasteiger partial charge is 0.248 e. The number of fused-ring (bicyclic) bond motifs is 1. The number of rotatable bonds is 4. The summed E-state index contributed by atoms with van der Waals surface area (Å²) in [6.45, 7) is 2.41. The van der Waals surface area contributed by atoms with Crippen LogP contribution >= 0.6 is 0 Å². The van der Waals surface area contributed by atoms with E-state index in [0.717, 1.165) is 12.8 Å². The van der Waals surface area contributed by atoms with Crippen molar-refractivity contribution in [3.8, 4) is 0 Å². The second kappa shape index (κ2) is 7.04. The molecule has 0 aromatic heterocycles. The summed E-state index contributed by atoms with van der Waals surface area (Å²) in [7, 11) is -3.22. The van der Waals surface area contributed by atoms with Crippen molar-refractivity contribution in [1.82, 2.24) is 9.21 Å². The average molecular weight is 346 g/mol. The van der Waals surface area contributed by atoms with Crippen molar-refractivity contribution in [3.63, 3.8) is 0 Å². The van der Waals surface area contributed by atoms with Crippen LogP contribution in [0.25, 0.3) is 0 Å². The van der Waals surface area contributed by atoms with Gasteiger partial charge in [0.15, 0.2) is 0 Å². The van der Waals surface area contributed by atoms with Gasteiger partial charge >= 0.3 is 0 Å². The second-order valence-corrected chi connectivity index (χ2v) is 8.79. The number of hydrogen-bond acceptors (Lipinski definition) is 5. The van der Waals surface area contributed by atoms with Gasteiger partial charge < -0.3 is 14.4 Å². The Kier molecular flexibility index (Phi) is 5.25. The first-order valence-corrected chi connectivity index (χ1v) is 10.2. The molecule has 0 aromatic carbocycles. The van der Waals surface area contributed by atoms with Crippen molar-refractivity contribution < 1.29 is 22.7 Å². The van der Waals surface area contributed by atoms with Gasteiger partial charge in [-0.3, -0.25) is 4.79 Å². The summed E-state index contributed by atoms with van der Waals surface area (Å²) in [5, 5.41) is 0. The first-order valence-electron chi connectivity index (χ1n) is 8.39. The standard InChI is InChI=1S/C15H26N2O5S/c1-23(19,20)17-6-7-21-14-10-16(8-12(14)9-17)15(18)11-22-13-4-2-3-5-13/h12-14H,2-11H2,1H3/t12-,14-/m1/s1. The monoisotopic (exact) mass is 346 g/mol. The number of carbonyl (C=O) groups excluding carboxylic acids is 1. The molecular weight excluding hydrogens is 320 g/mol. The predicted molar refractivity (Wildman–Crippen MR) is 84.4 cm³/mol. The highest BCUT2D eigenvalue weighted by atomic mass is 32.2. The molecule has 0 radical (unpaired) electrons. The van der Waals surface area contributed by atoms with Crippen LogP contribution in [0.1, 0.15) is 25.7 Å². The maximum atomic E-state index is 12.3. The van der Waals surface area contributed by atoms with Gasteiger partial charge in [0.1, 0.15) is 6.61 Å². The van der Waals surface area contributed by atoms with E-state index >= 15 is 0 Å². The van der Waals surface area contributed by atoms with Crippen LogP contribution in [0.5, 0.6) is 0 Å². The van der Waals surface area contributed by atoms with E-state index in [1.54, 1.807) is 4.90 Å². The number of sulfonamides is 1. The number of carbonyl (C=O) groups is 1. The minimum atomic E-state index is -3.22. The molecule has 3 rings (SSSR count). The third kappa shape index (κ3) is 4.23. The van der Waals surface area contributed by atoms with Crippen molar-refractivity contribution in [1.29, 1.82) is 0 Å². The van der Waals surface area contributed by atoms with Gasteiger partial charge in [0.05, 0.1) is 25.1 Å². The van der Waals surface area contributed by atoms with Crippen LogP contribution in [0.3, 0.4) is 0 Å². The van der Waals surface area contributed by atoms with E-state index in [4.69, 9.17) is 9.47 Å². The number of amides is 1.